The van der Waals surface area contributed by atoms with Crippen LogP contribution in [0.2, 0.25) is 4.34 Å². The molecule has 2 aromatic heterocycles. The van der Waals surface area contributed by atoms with Crippen molar-refractivity contribution < 1.29 is 9.90 Å². The molecule has 0 radical (unpaired) electrons. The van der Waals surface area contributed by atoms with Gasteiger partial charge in [-0.1, -0.05) is 11.6 Å². The normalized spacial score (nSPS) is 10.5. The zero-order chi connectivity index (χ0) is 10.8. The van der Waals surface area contributed by atoms with Gasteiger partial charge in [-0.2, -0.15) is 5.10 Å². The summed E-state index contributed by atoms with van der Waals surface area (Å²) in [6, 6.07) is 3.27. The fourth-order valence-electron chi connectivity index (χ4n) is 1.24. The van der Waals surface area contributed by atoms with Crippen LogP contribution < -0.4 is 0 Å². The largest absolute Gasteiger partial charge is 0.477 e. The number of carbonyl (C=O) groups is 1. The van der Waals surface area contributed by atoms with Crippen molar-refractivity contribution in [2.75, 3.05) is 0 Å². The van der Waals surface area contributed by atoms with Gasteiger partial charge < -0.3 is 5.11 Å². The molecule has 0 bridgehead atoms. The number of nitrogens with zero attached hydrogens (tertiary/aromatic N) is 2. The predicted octanol–water partition coefficient (Wildman–Crippen LogP) is 2.34. The first kappa shape index (κ1) is 10.2. The van der Waals surface area contributed by atoms with Crippen molar-refractivity contribution in [3.05, 3.63) is 39.3 Å². The van der Waals surface area contributed by atoms with Crippen molar-refractivity contribution in [2.24, 2.45) is 0 Å². The van der Waals surface area contributed by atoms with E-state index < -0.39 is 5.97 Å². The minimum absolute atomic E-state index is 0.178. The molecule has 0 atom stereocenters. The summed E-state index contributed by atoms with van der Waals surface area (Å²) in [7, 11) is 0. The van der Waals surface area contributed by atoms with Gasteiger partial charge >= 0.3 is 5.97 Å². The van der Waals surface area contributed by atoms with Gasteiger partial charge in [0, 0.05) is 6.20 Å². The molecular formula is C9H7ClN2O2S. The van der Waals surface area contributed by atoms with Gasteiger partial charge in [-0.05, 0) is 23.1 Å². The van der Waals surface area contributed by atoms with Gasteiger partial charge in [0.25, 0.3) is 0 Å². The molecule has 2 aromatic rings. The van der Waals surface area contributed by atoms with Crippen molar-refractivity contribution >= 4 is 28.9 Å². The summed E-state index contributed by atoms with van der Waals surface area (Å²) in [5.41, 5.74) is 1.13. The second kappa shape index (κ2) is 4.04. The van der Waals surface area contributed by atoms with E-state index in [1.807, 2.05) is 5.38 Å². The fraction of sp³-hybridized carbons (Fsp3) is 0.111. The van der Waals surface area contributed by atoms with Crippen LogP contribution in [0.5, 0.6) is 0 Å². The highest BCUT2D eigenvalue weighted by Crippen LogP contribution is 2.20. The first-order valence-electron chi connectivity index (χ1n) is 4.15. The summed E-state index contributed by atoms with van der Waals surface area (Å²) in [6.45, 7) is 0.428. The van der Waals surface area contributed by atoms with Crippen molar-refractivity contribution in [2.45, 2.75) is 6.54 Å². The summed E-state index contributed by atoms with van der Waals surface area (Å²) < 4.78 is 2.12. The molecule has 15 heavy (non-hydrogen) atoms. The molecule has 0 spiro atoms. The van der Waals surface area contributed by atoms with Crippen LogP contribution in [0.1, 0.15) is 16.1 Å². The molecule has 6 heteroatoms. The Morgan fingerprint density at radius 1 is 1.67 bits per heavy atom. The molecule has 0 unspecified atom stereocenters. The summed E-state index contributed by atoms with van der Waals surface area (Å²) in [5.74, 6) is -0.978. The highest BCUT2D eigenvalue weighted by atomic mass is 35.5. The topological polar surface area (TPSA) is 55.1 Å². The molecule has 78 valence electrons. The summed E-state index contributed by atoms with van der Waals surface area (Å²) in [6.07, 6.45) is 1.47. The summed E-state index contributed by atoms with van der Waals surface area (Å²) in [5, 5.41) is 14.7. The molecule has 0 aliphatic carbocycles. The average Bonchev–Trinajstić information content (AvgIpc) is 2.75. The maximum Gasteiger partial charge on any atom is 0.354 e. The van der Waals surface area contributed by atoms with Crippen LogP contribution in [0, 0.1) is 0 Å². The molecule has 0 saturated carbocycles. The third-order valence-corrected chi connectivity index (χ3v) is 3.03. The first-order valence-corrected chi connectivity index (χ1v) is 5.40. The Bertz CT molecular complexity index is 492. The Morgan fingerprint density at radius 2 is 2.47 bits per heavy atom. The number of hydrogen-bond acceptors (Lipinski definition) is 3. The van der Waals surface area contributed by atoms with Gasteiger partial charge in [0.2, 0.25) is 0 Å². The highest BCUT2D eigenvalue weighted by Gasteiger charge is 2.10. The van der Waals surface area contributed by atoms with Crippen LogP contribution in [0.25, 0.3) is 0 Å². The lowest BCUT2D eigenvalue weighted by Gasteiger charge is -2.01. The van der Waals surface area contributed by atoms with Crippen LogP contribution in [0.3, 0.4) is 0 Å². The zero-order valence-corrected chi connectivity index (χ0v) is 9.13. The Kier molecular flexibility index (Phi) is 2.75. The van der Waals surface area contributed by atoms with E-state index in [0.29, 0.717) is 10.9 Å². The van der Waals surface area contributed by atoms with E-state index in [0.717, 1.165) is 5.56 Å². The number of aromatic carboxylic acids is 1. The monoisotopic (exact) mass is 242 g/mol. The summed E-state index contributed by atoms with van der Waals surface area (Å²) in [4.78, 5) is 10.8. The molecule has 0 saturated heterocycles. The Morgan fingerprint density at radius 3 is 3.07 bits per heavy atom. The lowest BCUT2D eigenvalue weighted by Crippen LogP contribution is -2.10. The van der Waals surface area contributed by atoms with E-state index in [9.17, 15) is 4.79 Å². The SMILES string of the molecule is O=C(O)c1ccnn1Cc1csc(Cl)c1. The van der Waals surface area contributed by atoms with Crippen LogP contribution in [0.15, 0.2) is 23.7 Å². The third-order valence-electron chi connectivity index (χ3n) is 1.89. The maximum absolute atomic E-state index is 10.8. The molecule has 0 amide bonds. The van der Waals surface area contributed by atoms with Gasteiger partial charge in [0.1, 0.15) is 5.69 Å². The lowest BCUT2D eigenvalue weighted by atomic mass is 10.3. The molecule has 1 N–H and O–H groups in total. The van der Waals surface area contributed by atoms with Crippen LogP contribution in [-0.2, 0) is 6.54 Å². The smallest absolute Gasteiger partial charge is 0.354 e. The number of carboxylic acids is 1. The molecule has 0 fully saturated rings. The number of carboxylic acid groups (broad SMARTS) is 1. The fourth-order valence-corrected chi connectivity index (χ4v) is 2.14. The Labute approximate surface area is 94.7 Å². The zero-order valence-electron chi connectivity index (χ0n) is 7.55. The quantitative estimate of drug-likeness (QED) is 0.899. The van der Waals surface area contributed by atoms with Gasteiger partial charge in [-0.15, -0.1) is 11.3 Å². The molecule has 2 rings (SSSR count). The van der Waals surface area contributed by atoms with E-state index in [-0.39, 0.29) is 5.69 Å². The first-order chi connectivity index (χ1) is 7.16. The van der Waals surface area contributed by atoms with Crippen LogP contribution in [-0.4, -0.2) is 20.9 Å². The van der Waals surface area contributed by atoms with E-state index in [1.54, 1.807) is 6.07 Å². The minimum atomic E-state index is -0.978. The van der Waals surface area contributed by atoms with Gasteiger partial charge in [-0.3, -0.25) is 4.68 Å². The van der Waals surface area contributed by atoms with E-state index in [1.165, 1.54) is 28.3 Å². The van der Waals surface area contributed by atoms with Gasteiger partial charge in [-0.25, -0.2) is 4.79 Å². The maximum atomic E-state index is 10.8. The molecule has 2 heterocycles. The number of halogens is 1. The number of thiophene rings is 1. The van der Waals surface area contributed by atoms with E-state index in [2.05, 4.69) is 5.10 Å². The van der Waals surface area contributed by atoms with Crippen molar-refractivity contribution in [3.63, 3.8) is 0 Å². The predicted molar refractivity (Wildman–Crippen MR) is 57.6 cm³/mol. The summed E-state index contributed by atoms with van der Waals surface area (Å²) >= 11 is 7.19. The molecule has 0 aliphatic heterocycles. The van der Waals surface area contributed by atoms with Crippen molar-refractivity contribution in [1.82, 2.24) is 9.78 Å². The van der Waals surface area contributed by atoms with Crippen molar-refractivity contribution in [3.8, 4) is 0 Å². The molecule has 0 aromatic carbocycles. The number of aromatic nitrogens is 2. The van der Waals surface area contributed by atoms with Crippen LogP contribution >= 0.6 is 22.9 Å². The van der Waals surface area contributed by atoms with E-state index >= 15 is 0 Å². The average molecular weight is 243 g/mol. The number of hydrogen-bond donors (Lipinski definition) is 1. The molecule has 4 nitrogen and oxygen atoms in total. The van der Waals surface area contributed by atoms with E-state index in [4.69, 9.17) is 16.7 Å². The molecular weight excluding hydrogens is 236 g/mol. The van der Waals surface area contributed by atoms with Crippen LogP contribution in [0.4, 0.5) is 0 Å². The van der Waals surface area contributed by atoms with Crippen molar-refractivity contribution in [1.29, 1.82) is 0 Å². The second-order valence-corrected chi connectivity index (χ2v) is 4.48. The standard InChI is InChI=1S/C9H7ClN2O2S/c10-8-3-6(5-15-8)4-12-7(9(13)14)1-2-11-12/h1-3,5H,4H2,(H,13,14). The van der Waals surface area contributed by atoms with Gasteiger partial charge in [0.15, 0.2) is 0 Å². The second-order valence-electron chi connectivity index (χ2n) is 2.94. The Hall–Kier alpha value is -1.33. The third kappa shape index (κ3) is 2.19. The highest BCUT2D eigenvalue weighted by molar-refractivity contribution is 7.14. The lowest BCUT2D eigenvalue weighted by molar-refractivity contribution is 0.0684. The Balaban J connectivity index is 2.24. The number of rotatable bonds is 3. The minimum Gasteiger partial charge on any atom is -0.477 e. The molecule has 0 aliphatic rings. The van der Waals surface area contributed by atoms with Gasteiger partial charge in [0.05, 0.1) is 10.9 Å².